The molecule has 1 aromatic carbocycles. The van der Waals surface area contributed by atoms with Crippen molar-refractivity contribution >= 4 is 5.97 Å². The molecule has 0 radical (unpaired) electrons. The molecule has 1 aromatic rings. The lowest BCUT2D eigenvalue weighted by atomic mass is 10.2. The van der Waals surface area contributed by atoms with E-state index in [0.717, 1.165) is 6.54 Å². The van der Waals surface area contributed by atoms with E-state index in [9.17, 15) is 4.79 Å². The van der Waals surface area contributed by atoms with Crippen LogP contribution in [0.2, 0.25) is 0 Å². The summed E-state index contributed by atoms with van der Waals surface area (Å²) in [6, 6.07) is 10.3. The van der Waals surface area contributed by atoms with Crippen molar-refractivity contribution in [3.05, 3.63) is 35.9 Å². The number of rotatable bonds is 3. The number of nitrogens with zero attached hydrogens (tertiary/aromatic N) is 1. The van der Waals surface area contributed by atoms with Gasteiger partial charge in [0.25, 0.3) is 0 Å². The van der Waals surface area contributed by atoms with Crippen LogP contribution in [0.1, 0.15) is 12.5 Å². The Morgan fingerprint density at radius 1 is 1.33 bits per heavy atom. The highest BCUT2D eigenvalue weighted by Crippen LogP contribution is 1.92. The molecule has 0 aliphatic rings. The maximum absolute atomic E-state index is 9.93. The first-order valence-electron chi connectivity index (χ1n) is 4.98. The van der Waals surface area contributed by atoms with Crippen LogP contribution < -0.4 is 0 Å². The molecule has 1 rings (SSSR count). The molecule has 15 heavy (non-hydrogen) atoms. The van der Waals surface area contributed by atoms with Gasteiger partial charge >= 0.3 is 5.97 Å². The molecule has 0 spiro atoms. The Labute approximate surface area is 91.3 Å². The number of aliphatic carboxylic acids is 1. The number of carboxylic acids is 1. The Morgan fingerprint density at radius 3 is 2.07 bits per heavy atom. The van der Waals surface area contributed by atoms with Crippen LogP contribution in [0.4, 0.5) is 0 Å². The number of likely N-dealkylation sites (N-methyl/N-ethyl adjacent to an activating group) is 1. The largest absolute Gasteiger partial charge is 0.480 e. The Balaban J connectivity index is 0.000000262. The van der Waals surface area contributed by atoms with Gasteiger partial charge in [0.15, 0.2) is 0 Å². The lowest BCUT2D eigenvalue weighted by Crippen LogP contribution is -2.24. The first-order chi connectivity index (χ1) is 7.06. The van der Waals surface area contributed by atoms with Crippen molar-refractivity contribution in [3.63, 3.8) is 0 Å². The fraction of sp³-hybridized carbons (Fsp3) is 0.417. The smallest absolute Gasteiger partial charge is 0.317 e. The van der Waals surface area contributed by atoms with Gasteiger partial charge in [-0.2, -0.15) is 0 Å². The molecule has 0 aliphatic carbocycles. The average molecular weight is 209 g/mol. The Hall–Kier alpha value is -1.35. The summed E-state index contributed by atoms with van der Waals surface area (Å²) < 4.78 is 0. The highest BCUT2D eigenvalue weighted by atomic mass is 16.4. The molecule has 0 unspecified atom stereocenters. The quantitative estimate of drug-likeness (QED) is 0.828. The minimum Gasteiger partial charge on any atom is -0.480 e. The Kier molecular flexibility index (Phi) is 7.28. The van der Waals surface area contributed by atoms with Crippen LogP contribution in [-0.2, 0) is 4.79 Å². The molecule has 0 heterocycles. The number of carboxylic acid groups (broad SMARTS) is 1. The maximum Gasteiger partial charge on any atom is 0.317 e. The van der Waals surface area contributed by atoms with Crippen LogP contribution in [0, 0.1) is 6.92 Å². The first-order valence-corrected chi connectivity index (χ1v) is 4.98. The summed E-state index contributed by atoms with van der Waals surface area (Å²) in [6.45, 7) is 4.92. The van der Waals surface area contributed by atoms with Crippen molar-refractivity contribution in [3.8, 4) is 0 Å². The maximum atomic E-state index is 9.93. The first kappa shape index (κ1) is 13.7. The third kappa shape index (κ3) is 8.97. The molecule has 0 atom stereocenters. The fourth-order valence-electron chi connectivity index (χ4n) is 0.877. The molecular formula is C12H19NO2. The van der Waals surface area contributed by atoms with Crippen molar-refractivity contribution in [2.24, 2.45) is 0 Å². The van der Waals surface area contributed by atoms with Crippen molar-refractivity contribution in [1.29, 1.82) is 0 Å². The molecule has 0 amide bonds. The van der Waals surface area contributed by atoms with Gasteiger partial charge in [0.1, 0.15) is 0 Å². The van der Waals surface area contributed by atoms with E-state index in [2.05, 4.69) is 19.1 Å². The van der Waals surface area contributed by atoms with Gasteiger partial charge in [-0.05, 0) is 20.5 Å². The SMILES string of the molecule is CCN(C)CC(=O)O.Cc1ccccc1. The van der Waals surface area contributed by atoms with Crippen molar-refractivity contribution in [1.82, 2.24) is 4.90 Å². The van der Waals surface area contributed by atoms with Crippen LogP contribution >= 0.6 is 0 Å². The highest BCUT2D eigenvalue weighted by molar-refractivity contribution is 5.68. The van der Waals surface area contributed by atoms with Gasteiger partial charge in [0.05, 0.1) is 6.54 Å². The van der Waals surface area contributed by atoms with E-state index in [-0.39, 0.29) is 6.54 Å². The normalized spacial score (nSPS) is 9.33. The molecule has 84 valence electrons. The van der Waals surface area contributed by atoms with Gasteiger partial charge in [-0.15, -0.1) is 0 Å². The van der Waals surface area contributed by atoms with Gasteiger partial charge in [0, 0.05) is 0 Å². The van der Waals surface area contributed by atoms with E-state index in [4.69, 9.17) is 5.11 Å². The molecule has 3 nitrogen and oxygen atoms in total. The number of hydrogen-bond acceptors (Lipinski definition) is 2. The molecule has 0 aliphatic heterocycles. The van der Waals surface area contributed by atoms with Crippen LogP contribution in [0.15, 0.2) is 30.3 Å². The molecule has 3 heteroatoms. The third-order valence-electron chi connectivity index (χ3n) is 1.89. The van der Waals surface area contributed by atoms with Gasteiger partial charge < -0.3 is 5.11 Å². The minimum absolute atomic E-state index is 0.135. The number of aryl methyl sites for hydroxylation is 1. The zero-order valence-electron chi connectivity index (χ0n) is 9.60. The summed E-state index contributed by atoms with van der Waals surface area (Å²) >= 11 is 0. The molecule has 0 saturated heterocycles. The Bertz CT molecular complexity index is 272. The van der Waals surface area contributed by atoms with E-state index in [1.54, 1.807) is 11.9 Å². The van der Waals surface area contributed by atoms with E-state index in [1.807, 2.05) is 25.1 Å². The molecule has 0 fully saturated rings. The second kappa shape index (κ2) is 8.00. The van der Waals surface area contributed by atoms with Crippen LogP contribution in [-0.4, -0.2) is 36.1 Å². The second-order valence-corrected chi connectivity index (χ2v) is 3.38. The minimum atomic E-state index is -0.769. The molecule has 0 bridgehead atoms. The summed E-state index contributed by atoms with van der Waals surface area (Å²) in [4.78, 5) is 11.7. The summed E-state index contributed by atoms with van der Waals surface area (Å²) in [5.74, 6) is -0.769. The highest BCUT2D eigenvalue weighted by Gasteiger charge is 1.98. The summed E-state index contributed by atoms with van der Waals surface area (Å²) in [7, 11) is 1.77. The van der Waals surface area contributed by atoms with Crippen molar-refractivity contribution in [2.75, 3.05) is 20.1 Å². The van der Waals surface area contributed by atoms with Gasteiger partial charge in [0.2, 0.25) is 0 Å². The lowest BCUT2D eigenvalue weighted by Gasteiger charge is -2.08. The predicted molar refractivity (Wildman–Crippen MR) is 62.0 cm³/mol. The predicted octanol–water partition coefficient (Wildman–Crippen LogP) is 2.02. The fourth-order valence-corrected chi connectivity index (χ4v) is 0.877. The Morgan fingerprint density at radius 2 is 1.87 bits per heavy atom. The van der Waals surface area contributed by atoms with Crippen LogP contribution in [0.3, 0.4) is 0 Å². The van der Waals surface area contributed by atoms with E-state index in [0.29, 0.717) is 0 Å². The number of benzene rings is 1. The van der Waals surface area contributed by atoms with E-state index in [1.165, 1.54) is 5.56 Å². The summed E-state index contributed by atoms with van der Waals surface area (Å²) in [5, 5.41) is 8.17. The van der Waals surface area contributed by atoms with Crippen molar-refractivity contribution in [2.45, 2.75) is 13.8 Å². The van der Waals surface area contributed by atoms with Crippen LogP contribution in [0.25, 0.3) is 0 Å². The van der Waals surface area contributed by atoms with Crippen molar-refractivity contribution < 1.29 is 9.90 Å². The molecule has 1 N–H and O–H groups in total. The third-order valence-corrected chi connectivity index (χ3v) is 1.89. The zero-order chi connectivity index (χ0) is 11.7. The van der Waals surface area contributed by atoms with Gasteiger partial charge in [-0.1, -0.05) is 42.8 Å². The number of hydrogen-bond donors (Lipinski definition) is 1. The van der Waals surface area contributed by atoms with E-state index < -0.39 is 5.97 Å². The molecule has 0 aromatic heterocycles. The van der Waals surface area contributed by atoms with Gasteiger partial charge in [-0.25, -0.2) is 0 Å². The van der Waals surface area contributed by atoms with E-state index >= 15 is 0 Å². The molecule has 0 saturated carbocycles. The summed E-state index contributed by atoms with van der Waals surface area (Å²) in [5.41, 5.74) is 1.32. The average Bonchev–Trinajstić information content (AvgIpc) is 2.19. The second-order valence-electron chi connectivity index (χ2n) is 3.38. The van der Waals surface area contributed by atoms with Gasteiger partial charge in [-0.3, -0.25) is 9.69 Å². The summed E-state index contributed by atoms with van der Waals surface area (Å²) in [6.07, 6.45) is 0. The zero-order valence-corrected chi connectivity index (χ0v) is 9.60. The van der Waals surface area contributed by atoms with Crippen LogP contribution in [0.5, 0.6) is 0 Å². The standard InChI is InChI=1S/C7H8.C5H11NO2/c1-7-5-3-2-4-6-7;1-3-6(2)4-5(7)8/h2-6H,1H3;3-4H2,1-2H3,(H,7,8). The number of carbonyl (C=O) groups is 1. The topological polar surface area (TPSA) is 40.5 Å². The lowest BCUT2D eigenvalue weighted by molar-refractivity contribution is -0.137. The monoisotopic (exact) mass is 209 g/mol. The molecular weight excluding hydrogens is 190 g/mol.